The Balaban J connectivity index is 1.60. The van der Waals surface area contributed by atoms with Crippen molar-refractivity contribution >= 4 is 0 Å². The summed E-state index contributed by atoms with van der Waals surface area (Å²) < 4.78 is 17.2. The van der Waals surface area contributed by atoms with Crippen LogP contribution in [-0.4, -0.2) is 56.7 Å². The van der Waals surface area contributed by atoms with Gasteiger partial charge in [0.1, 0.15) is 0 Å². The summed E-state index contributed by atoms with van der Waals surface area (Å²) in [6, 6.07) is 0.660. The highest BCUT2D eigenvalue weighted by molar-refractivity contribution is 4.85. The van der Waals surface area contributed by atoms with Gasteiger partial charge >= 0.3 is 0 Å². The van der Waals surface area contributed by atoms with Crippen LogP contribution in [0.4, 0.5) is 0 Å². The summed E-state index contributed by atoms with van der Waals surface area (Å²) in [6.45, 7) is 6.52. The van der Waals surface area contributed by atoms with Crippen LogP contribution in [0.25, 0.3) is 0 Å². The molecule has 2 rings (SSSR count). The number of likely N-dealkylation sites (N-methyl/N-ethyl adjacent to an activating group) is 1. The third kappa shape index (κ3) is 4.42. The molecule has 0 N–H and O–H groups in total. The maximum Gasteiger partial charge on any atom is 0.168 e. The van der Waals surface area contributed by atoms with Crippen LogP contribution in [0.1, 0.15) is 45.4 Å². The Morgan fingerprint density at radius 1 is 1.16 bits per heavy atom. The Labute approximate surface area is 117 Å². The van der Waals surface area contributed by atoms with Crippen molar-refractivity contribution in [1.82, 2.24) is 4.90 Å². The summed E-state index contributed by atoms with van der Waals surface area (Å²) in [6.07, 6.45) is 6.80. The fourth-order valence-electron chi connectivity index (χ4n) is 3.01. The van der Waals surface area contributed by atoms with E-state index in [2.05, 4.69) is 18.9 Å². The van der Waals surface area contributed by atoms with Crippen molar-refractivity contribution in [3.63, 3.8) is 0 Å². The summed E-state index contributed by atoms with van der Waals surface area (Å²) in [5.41, 5.74) is 0. The predicted octanol–water partition coefficient (Wildman–Crippen LogP) is 2.42. The molecule has 1 aliphatic carbocycles. The fraction of sp³-hybridized carbons (Fsp3) is 1.00. The Morgan fingerprint density at radius 3 is 2.47 bits per heavy atom. The summed E-state index contributed by atoms with van der Waals surface area (Å²) in [5, 5.41) is 0. The minimum atomic E-state index is -0.227. The molecule has 0 aromatic carbocycles. The first-order valence-corrected chi connectivity index (χ1v) is 7.82. The van der Waals surface area contributed by atoms with E-state index < -0.39 is 0 Å². The second-order valence-corrected chi connectivity index (χ2v) is 5.79. The molecule has 0 amide bonds. The molecule has 0 bridgehead atoms. The standard InChI is InChI=1S/C15H29NO3/c1-3-4-10-17-11-9-16(2)14-5-7-15(8-6-14)18-12-13-19-15/h14H,3-13H2,1-2H3. The number of nitrogens with zero attached hydrogens (tertiary/aromatic N) is 1. The summed E-state index contributed by atoms with van der Waals surface area (Å²) in [5.74, 6) is -0.227. The molecule has 0 aromatic rings. The molecule has 19 heavy (non-hydrogen) atoms. The van der Waals surface area contributed by atoms with Gasteiger partial charge in [-0.3, -0.25) is 0 Å². The van der Waals surface area contributed by atoms with Crippen LogP contribution in [0.3, 0.4) is 0 Å². The molecule has 2 fully saturated rings. The molecular formula is C15H29NO3. The van der Waals surface area contributed by atoms with Gasteiger partial charge in [0.15, 0.2) is 5.79 Å². The summed E-state index contributed by atoms with van der Waals surface area (Å²) in [7, 11) is 2.21. The Hall–Kier alpha value is -0.160. The van der Waals surface area contributed by atoms with Gasteiger partial charge < -0.3 is 19.1 Å². The maximum absolute atomic E-state index is 5.77. The van der Waals surface area contributed by atoms with Gasteiger partial charge in [0.05, 0.1) is 19.8 Å². The molecule has 0 unspecified atom stereocenters. The quantitative estimate of drug-likeness (QED) is 0.665. The van der Waals surface area contributed by atoms with E-state index in [1.165, 1.54) is 25.7 Å². The van der Waals surface area contributed by atoms with Crippen LogP contribution in [0.5, 0.6) is 0 Å². The van der Waals surface area contributed by atoms with E-state index in [-0.39, 0.29) is 5.79 Å². The van der Waals surface area contributed by atoms with Crippen molar-refractivity contribution < 1.29 is 14.2 Å². The zero-order valence-corrected chi connectivity index (χ0v) is 12.5. The second-order valence-electron chi connectivity index (χ2n) is 5.79. The van der Waals surface area contributed by atoms with Gasteiger partial charge in [-0.1, -0.05) is 13.3 Å². The van der Waals surface area contributed by atoms with Crippen LogP contribution in [0.15, 0.2) is 0 Å². The lowest BCUT2D eigenvalue weighted by Crippen LogP contribution is -2.43. The average Bonchev–Trinajstić information content (AvgIpc) is 2.87. The van der Waals surface area contributed by atoms with Gasteiger partial charge in [0.2, 0.25) is 0 Å². The molecule has 1 spiro atoms. The van der Waals surface area contributed by atoms with Gasteiger partial charge in [-0.2, -0.15) is 0 Å². The maximum atomic E-state index is 5.77. The third-order valence-corrected chi connectivity index (χ3v) is 4.38. The van der Waals surface area contributed by atoms with E-state index in [0.717, 1.165) is 45.8 Å². The number of unbranched alkanes of at least 4 members (excludes halogenated alkanes) is 1. The van der Waals surface area contributed by atoms with Gasteiger partial charge in [0, 0.05) is 32.0 Å². The molecule has 1 saturated carbocycles. The van der Waals surface area contributed by atoms with Crippen LogP contribution in [0.2, 0.25) is 0 Å². The first-order chi connectivity index (χ1) is 9.26. The van der Waals surface area contributed by atoms with Crippen molar-refractivity contribution in [3.05, 3.63) is 0 Å². The van der Waals surface area contributed by atoms with Crippen molar-refractivity contribution in [2.45, 2.75) is 57.3 Å². The molecule has 0 radical (unpaired) electrons. The highest BCUT2D eigenvalue weighted by Gasteiger charge is 2.40. The second kappa shape index (κ2) is 7.58. The Bertz CT molecular complexity index is 244. The minimum Gasteiger partial charge on any atom is -0.380 e. The van der Waals surface area contributed by atoms with E-state index in [1.54, 1.807) is 0 Å². The molecular weight excluding hydrogens is 242 g/mol. The lowest BCUT2D eigenvalue weighted by Gasteiger charge is -2.39. The van der Waals surface area contributed by atoms with Gasteiger partial charge in [0.25, 0.3) is 0 Å². The number of hydrogen-bond donors (Lipinski definition) is 0. The average molecular weight is 271 g/mol. The summed E-state index contributed by atoms with van der Waals surface area (Å²) >= 11 is 0. The first-order valence-electron chi connectivity index (χ1n) is 7.82. The molecule has 4 heteroatoms. The fourth-order valence-corrected chi connectivity index (χ4v) is 3.01. The van der Waals surface area contributed by atoms with Crippen LogP contribution >= 0.6 is 0 Å². The van der Waals surface area contributed by atoms with Gasteiger partial charge in [-0.25, -0.2) is 0 Å². The highest BCUT2D eigenvalue weighted by atomic mass is 16.7. The predicted molar refractivity (Wildman–Crippen MR) is 75.2 cm³/mol. The highest BCUT2D eigenvalue weighted by Crippen LogP contribution is 2.36. The SMILES string of the molecule is CCCCOCCN(C)C1CCC2(CC1)OCCO2. The molecule has 2 aliphatic rings. The zero-order chi connectivity index (χ0) is 13.6. The topological polar surface area (TPSA) is 30.9 Å². The lowest BCUT2D eigenvalue weighted by atomic mass is 9.89. The normalized spacial score (nSPS) is 23.5. The minimum absolute atomic E-state index is 0.227. The molecule has 0 aromatic heterocycles. The molecule has 0 atom stereocenters. The van der Waals surface area contributed by atoms with Crippen molar-refractivity contribution in [2.24, 2.45) is 0 Å². The largest absolute Gasteiger partial charge is 0.380 e. The van der Waals surface area contributed by atoms with Crippen LogP contribution in [-0.2, 0) is 14.2 Å². The Kier molecular flexibility index (Phi) is 6.07. The van der Waals surface area contributed by atoms with E-state index in [1.807, 2.05) is 0 Å². The van der Waals surface area contributed by atoms with Crippen LogP contribution in [0, 0.1) is 0 Å². The first kappa shape index (κ1) is 15.2. The monoisotopic (exact) mass is 271 g/mol. The molecule has 1 saturated heterocycles. The Morgan fingerprint density at radius 2 is 1.84 bits per heavy atom. The number of hydrogen-bond acceptors (Lipinski definition) is 4. The lowest BCUT2D eigenvalue weighted by molar-refractivity contribution is -0.183. The smallest absolute Gasteiger partial charge is 0.168 e. The molecule has 112 valence electrons. The molecule has 1 aliphatic heterocycles. The van der Waals surface area contributed by atoms with E-state index in [0.29, 0.717) is 6.04 Å². The van der Waals surface area contributed by atoms with Crippen molar-refractivity contribution in [1.29, 1.82) is 0 Å². The number of ether oxygens (including phenoxy) is 3. The molecule has 4 nitrogen and oxygen atoms in total. The van der Waals surface area contributed by atoms with Gasteiger partial charge in [-0.05, 0) is 26.3 Å². The zero-order valence-electron chi connectivity index (χ0n) is 12.5. The van der Waals surface area contributed by atoms with E-state index >= 15 is 0 Å². The van der Waals surface area contributed by atoms with Crippen LogP contribution < -0.4 is 0 Å². The van der Waals surface area contributed by atoms with E-state index in [4.69, 9.17) is 14.2 Å². The molecule has 1 heterocycles. The van der Waals surface area contributed by atoms with E-state index in [9.17, 15) is 0 Å². The third-order valence-electron chi connectivity index (χ3n) is 4.38. The summed E-state index contributed by atoms with van der Waals surface area (Å²) in [4.78, 5) is 2.44. The van der Waals surface area contributed by atoms with Gasteiger partial charge in [-0.15, -0.1) is 0 Å². The van der Waals surface area contributed by atoms with Crippen molar-refractivity contribution in [3.8, 4) is 0 Å². The number of rotatable bonds is 7. The van der Waals surface area contributed by atoms with Crippen molar-refractivity contribution in [2.75, 3.05) is 40.0 Å².